The van der Waals surface area contributed by atoms with Gasteiger partial charge in [-0.1, -0.05) is 12.1 Å². The summed E-state index contributed by atoms with van der Waals surface area (Å²) in [5, 5.41) is 18.4. The molecule has 0 aromatic heterocycles. The van der Waals surface area contributed by atoms with Gasteiger partial charge in [0.25, 0.3) is 0 Å². The highest BCUT2D eigenvalue weighted by atomic mass is 19.4. The van der Waals surface area contributed by atoms with E-state index in [2.05, 4.69) is 10.8 Å². The molecule has 2 rings (SSSR count). The molecule has 0 radical (unpaired) electrons. The Morgan fingerprint density at radius 3 is 2.56 bits per heavy atom. The van der Waals surface area contributed by atoms with Crippen molar-refractivity contribution in [3.8, 4) is 11.8 Å². The van der Waals surface area contributed by atoms with E-state index < -0.39 is 17.9 Å². The molecule has 0 bridgehead atoms. The highest BCUT2D eigenvalue weighted by Gasteiger charge is 2.45. The van der Waals surface area contributed by atoms with Crippen LogP contribution < -0.4 is 4.74 Å². The average Bonchev–Trinajstić information content (AvgIpc) is 2.22. The molecule has 0 amide bonds. The molecule has 6 heteroatoms. The van der Waals surface area contributed by atoms with Gasteiger partial charge in [0.15, 0.2) is 0 Å². The molecule has 18 heavy (non-hydrogen) atoms. The van der Waals surface area contributed by atoms with Crippen LogP contribution in [0.5, 0.6) is 5.75 Å². The molecule has 3 nitrogen and oxygen atoms in total. The maximum Gasteiger partial charge on any atom is 0.573 e. The lowest BCUT2D eigenvalue weighted by Crippen LogP contribution is -2.43. The fourth-order valence-electron chi connectivity index (χ4n) is 2.13. The summed E-state index contributed by atoms with van der Waals surface area (Å²) in [6.45, 7) is 0. The van der Waals surface area contributed by atoms with E-state index in [1.54, 1.807) is 6.07 Å². The third-order valence-electron chi connectivity index (χ3n) is 3.00. The standard InChI is InChI=1S/C12H10F3NO2/c13-12(14,15)18-10-3-1-2-8(4-10)11(7-16)5-9(17)6-11/h1-4,9,17H,5-6H2. The molecule has 0 heterocycles. The zero-order chi connectivity index (χ0) is 13.4. The van der Waals surface area contributed by atoms with Crippen LogP contribution in [0.25, 0.3) is 0 Å². The molecule has 0 aliphatic heterocycles. The van der Waals surface area contributed by atoms with E-state index in [9.17, 15) is 18.3 Å². The maximum atomic E-state index is 12.1. The summed E-state index contributed by atoms with van der Waals surface area (Å²) in [7, 11) is 0. The predicted octanol–water partition coefficient (Wildman–Crippen LogP) is 2.50. The van der Waals surface area contributed by atoms with Crippen LogP contribution in [0.15, 0.2) is 24.3 Å². The van der Waals surface area contributed by atoms with Crippen LogP contribution in [0.1, 0.15) is 18.4 Å². The number of aliphatic hydroxyl groups is 1. The third kappa shape index (κ3) is 2.41. The highest BCUT2D eigenvalue weighted by Crippen LogP contribution is 2.44. The Labute approximate surface area is 101 Å². The number of halogens is 3. The first-order valence-electron chi connectivity index (χ1n) is 5.30. The van der Waals surface area contributed by atoms with Crippen molar-refractivity contribution in [2.45, 2.75) is 30.7 Å². The van der Waals surface area contributed by atoms with Crippen molar-refractivity contribution >= 4 is 0 Å². The molecule has 1 aliphatic carbocycles. The van der Waals surface area contributed by atoms with Gasteiger partial charge in [-0.15, -0.1) is 13.2 Å². The Morgan fingerprint density at radius 2 is 2.06 bits per heavy atom. The normalized spacial score (nSPS) is 27.2. The van der Waals surface area contributed by atoms with Crippen molar-refractivity contribution in [1.29, 1.82) is 5.26 Å². The van der Waals surface area contributed by atoms with Gasteiger partial charge in [-0.25, -0.2) is 0 Å². The Morgan fingerprint density at radius 1 is 1.39 bits per heavy atom. The number of hydrogen-bond acceptors (Lipinski definition) is 3. The van der Waals surface area contributed by atoms with E-state index in [1.807, 2.05) is 0 Å². The minimum atomic E-state index is -4.75. The second kappa shape index (κ2) is 4.18. The summed E-state index contributed by atoms with van der Waals surface area (Å²) in [5.41, 5.74) is -0.457. The van der Waals surface area contributed by atoms with Crippen LogP contribution in [0.3, 0.4) is 0 Å². The number of nitrogens with zero attached hydrogens (tertiary/aromatic N) is 1. The molecular formula is C12H10F3NO2. The molecule has 0 saturated heterocycles. The lowest BCUT2D eigenvalue weighted by molar-refractivity contribution is -0.274. The minimum absolute atomic E-state index is 0.235. The molecule has 0 spiro atoms. The minimum Gasteiger partial charge on any atom is -0.406 e. The van der Waals surface area contributed by atoms with E-state index >= 15 is 0 Å². The molecule has 0 atom stereocenters. The van der Waals surface area contributed by atoms with Gasteiger partial charge in [0.2, 0.25) is 0 Å². The van der Waals surface area contributed by atoms with Crippen molar-refractivity contribution in [3.63, 3.8) is 0 Å². The average molecular weight is 257 g/mol. The molecule has 0 unspecified atom stereocenters. The van der Waals surface area contributed by atoms with E-state index in [1.165, 1.54) is 18.2 Å². The number of aliphatic hydroxyl groups excluding tert-OH is 1. The summed E-state index contributed by atoms with van der Waals surface area (Å²) in [5.74, 6) is -0.351. The molecule has 1 aromatic carbocycles. The summed E-state index contributed by atoms with van der Waals surface area (Å²) >= 11 is 0. The van der Waals surface area contributed by atoms with Gasteiger partial charge in [-0.3, -0.25) is 0 Å². The monoisotopic (exact) mass is 257 g/mol. The predicted molar refractivity (Wildman–Crippen MR) is 55.7 cm³/mol. The number of nitriles is 1. The first-order valence-corrected chi connectivity index (χ1v) is 5.30. The number of benzene rings is 1. The van der Waals surface area contributed by atoms with Gasteiger partial charge in [0, 0.05) is 0 Å². The zero-order valence-corrected chi connectivity index (χ0v) is 9.24. The van der Waals surface area contributed by atoms with Crippen molar-refractivity contribution in [2.24, 2.45) is 0 Å². The van der Waals surface area contributed by atoms with Crippen molar-refractivity contribution in [2.75, 3.05) is 0 Å². The molecule has 1 saturated carbocycles. The Balaban J connectivity index is 2.25. The van der Waals surface area contributed by atoms with Crippen molar-refractivity contribution in [1.82, 2.24) is 0 Å². The van der Waals surface area contributed by atoms with Crippen LogP contribution in [-0.2, 0) is 5.41 Å². The van der Waals surface area contributed by atoms with Crippen molar-refractivity contribution < 1.29 is 23.0 Å². The van der Waals surface area contributed by atoms with Gasteiger partial charge < -0.3 is 9.84 Å². The van der Waals surface area contributed by atoms with Crippen molar-refractivity contribution in [3.05, 3.63) is 29.8 Å². The van der Waals surface area contributed by atoms with Gasteiger partial charge >= 0.3 is 6.36 Å². The van der Waals surface area contributed by atoms with Crippen LogP contribution in [0.2, 0.25) is 0 Å². The number of hydrogen-bond donors (Lipinski definition) is 1. The molecule has 96 valence electrons. The van der Waals surface area contributed by atoms with E-state index in [0.29, 0.717) is 5.56 Å². The molecule has 1 fully saturated rings. The molecule has 1 aliphatic rings. The second-order valence-corrected chi connectivity index (χ2v) is 4.33. The summed E-state index contributed by atoms with van der Waals surface area (Å²) in [6, 6.07) is 7.40. The smallest absolute Gasteiger partial charge is 0.406 e. The van der Waals surface area contributed by atoms with E-state index in [-0.39, 0.29) is 18.6 Å². The Kier molecular flexibility index (Phi) is 2.95. The summed E-state index contributed by atoms with van der Waals surface area (Å²) in [6.07, 6.45) is -4.85. The van der Waals surface area contributed by atoms with Crippen LogP contribution >= 0.6 is 0 Å². The van der Waals surface area contributed by atoms with Gasteiger partial charge in [-0.2, -0.15) is 5.26 Å². The number of rotatable bonds is 2. The van der Waals surface area contributed by atoms with E-state index in [0.717, 1.165) is 0 Å². The SMILES string of the molecule is N#CC1(c2cccc(OC(F)(F)F)c2)CC(O)C1. The lowest BCUT2D eigenvalue weighted by atomic mass is 9.64. The van der Waals surface area contributed by atoms with Gasteiger partial charge in [-0.05, 0) is 30.5 Å². The largest absolute Gasteiger partial charge is 0.573 e. The first-order chi connectivity index (χ1) is 8.35. The first kappa shape index (κ1) is 12.7. The fourth-order valence-corrected chi connectivity index (χ4v) is 2.13. The Hall–Kier alpha value is -1.74. The van der Waals surface area contributed by atoms with E-state index in [4.69, 9.17) is 5.26 Å². The van der Waals surface area contributed by atoms with Gasteiger partial charge in [0.1, 0.15) is 5.75 Å². The molecule has 1 N–H and O–H groups in total. The summed E-state index contributed by atoms with van der Waals surface area (Å²) in [4.78, 5) is 0. The highest BCUT2D eigenvalue weighted by molar-refractivity contribution is 5.41. The molecular weight excluding hydrogens is 247 g/mol. The maximum absolute atomic E-state index is 12.1. The van der Waals surface area contributed by atoms with Crippen LogP contribution in [-0.4, -0.2) is 17.6 Å². The number of ether oxygens (including phenoxy) is 1. The van der Waals surface area contributed by atoms with Crippen LogP contribution in [0.4, 0.5) is 13.2 Å². The topological polar surface area (TPSA) is 53.2 Å². The lowest BCUT2D eigenvalue weighted by Gasteiger charge is -2.40. The quantitative estimate of drug-likeness (QED) is 0.885. The zero-order valence-electron chi connectivity index (χ0n) is 9.24. The Bertz CT molecular complexity index is 487. The summed E-state index contributed by atoms with van der Waals surface area (Å²) < 4.78 is 40.1. The third-order valence-corrected chi connectivity index (χ3v) is 3.00. The van der Waals surface area contributed by atoms with Gasteiger partial charge in [0.05, 0.1) is 17.6 Å². The molecule has 1 aromatic rings. The second-order valence-electron chi connectivity index (χ2n) is 4.33. The number of alkyl halides is 3. The van der Waals surface area contributed by atoms with Crippen LogP contribution in [0, 0.1) is 11.3 Å². The fraction of sp³-hybridized carbons (Fsp3) is 0.417.